The maximum Gasteiger partial charge on any atom is 0.0619 e. The first kappa shape index (κ1) is 13.3. The molecule has 0 aromatic rings. The van der Waals surface area contributed by atoms with Crippen molar-refractivity contribution in [3.63, 3.8) is 0 Å². The summed E-state index contributed by atoms with van der Waals surface area (Å²) in [6.45, 7) is 11.1. The molecule has 0 aliphatic carbocycles. The van der Waals surface area contributed by atoms with Crippen molar-refractivity contribution in [2.75, 3.05) is 13.2 Å². The van der Waals surface area contributed by atoms with Crippen molar-refractivity contribution < 1.29 is 4.74 Å². The average Bonchev–Trinajstić information content (AvgIpc) is 2.13. The Morgan fingerprint density at radius 2 is 1.71 bits per heavy atom. The fraction of sp³-hybridized carbons (Fsp3) is 1.00. The standard InChI is InChI=1S/C14H28N2O/c1-13(2)8-12(9-14(3,4)16-13)15-11-6-5-7-17-10-11/h11-12,15-16H,5-10H2,1-4H3. The highest BCUT2D eigenvalue weighted by molar-refractivity contribution is 5.00. The predicted molar refractivity (Wildman–Crippen MR) is 71.3 cm³/mol. The summed E-state index contributed by atoms with van der Waals surface area (Å²) in [5, 5.41) is 7.53. The summed E-state index contributed by atoms with van der Waals surface area (Å²) in [5.74, 6) is 0. The Kier molecular flexibility index (Phi) is 3.81. The van der Waals surface area contributed by atoms with Crippen LogP contribution < -0.4 is 10.6 Å². The summed E-state index contributed by atoms with van der Waals surface area (Å²) in [6.07, 6.45) is 4.88. The molecule has 0 saturated carbocycles. The number of hydrogen-bond donors (Lipinski definition) is 2. The molecule has 0 aromatic heterocycles. The van der Waals surface area contributed by atoms with Gasteiger partial charge in [0.05, 0.1) is 6.61 Å². The second-order valence-electron chi connectivity index (χ2n) is 7.08. The predicted octanol–water partition coefficient (Wildman–Crippen LogP) is 2.06. The minimum absolute atomic E-state index is 0.231. The zero-order valence-electron chi connectivity index (χ0n) is 11.8. The first-order chi connectivity index (χ1) is 7.86. The van der Waals surface area contributed by atoms with Crippen LogP contribution in [0.2, 0.25) is 0 Å². The lowest BCUT2D eigenvalue weighted by Gasteiger charge is -2.47. The lowest BCUT2D eigenvalue weighted by atomic mass is 9.79. The monoisotopic (exact) mass is 240 g/mol. The van der Waals surface area contributed by atoms with Crippen molar-refractivity contribution in [3.05, 3.63) is 0 Å². The second-order valence-corrected chi connectivity index (χ2v) is 7.08. The Labute approximate surface area is 106 Å². The second kappa shape index (κ2) is 4.87. The fourth-order valence-electron chi connectivity index (χ4n) is 3.65. The maximum atomic E-state index is 5.55. The SMILES string of the molecule is CC1(C)CC(NC2CCCOC2)CC(C)(C)N1. The Balaban J connectivity index is 1.91. The zero-order valence-corrected chi connectivity index (χ0v) is 11.8. The van der Waals surface area contributed by atoms with E-state index in [0.29, 0.717) is 12.1 Å². The van der Waals surface area contributed by atoms with Crippen LogP contribution in [0, 0.1) is 0 Å². The van der Waals surface area contributed by atoms with E-state index in [-0.39, 0.29) is 11.1 Å². The Bertz CT molecular complexity index is 241. The Morgan fingerprint density at radius 3 is 2.24 bits per heavy atom. The third-order valence-corrected chi connectivity index (χ3v) is 3.82. The Hall–Kier alpha value is -0.120. The maximum absolute atomic E-state index is 5.55. The molecule has 2 aliphatic rings. The van der Waals surface area contributed by atoms with Crippen LogP contribution in [0.15, 0.2) is 0 Å². The topological polar surface area (TPSA) is 33.3 Å². The minimum Gasteiger partial charge on any atom is -0.380 e. The Morgan fingerprint density at radius 1 is 1.06 bits per heavy atom. The molecular weight excluding hydrogens is 212 g/mol. The van der Waals surface area contributed by atoms with Crippen molar-refractivity contribution in [2.45, 2.75) is 76.5 Å². The molecule has 3 nitrogen and oxygen atoms in total. The van der Waals surface area contributed by atoms with Crippen LogP contribution in [0.25, 0.3) is 0 Å². The summed E-state index contributed by atoms with van der Waals surface area (Å²) in [7, 11) is 0. The highest BCUT2D eigenvalue weighted by Gasteiger charge is 2.38. The number of hydrogen-bond acceptors (Lipinski definition) is 3. The molecule has 17 heavy (non-hydrogen) atoms. The summed E-state index contributed by atoms with van der Waals surface area (Å²) in [6, 6.07) is 1.19. The van der Waals surface area contributed by atoms with Gasteiger partial charge in [0.1, 0.15) is 0 Å². The van der Waals surface area contributed by atoms with Gasteiger partial charge in [-0.15, -0.1) is 0 Å². The van der Waals surface area contributed by atoms with E-state index in [2.05, 4.69) is 38.3 Å². The molecule has 100 valence electrons. The molecule has 3 heteroatoms. The highest BCUT2D eigenvalue weighted by Crippen LogP contribution is 2.29. The van der Waals surface area contributed by atoms with E-state index in [1.165, 1.54) is 25.7 Å². The van der Waals surface area contributed by atoms with Crippen molar-refractivity contribution in [3.8, 4) is 0 Å². The van der Waals surface area contributed by atoms with Gasteiger partial charge in [-0.1, -0.05) is 0 Å². The third-order valence-electron chi connectivity index (χ3n) is 3.82. The van der Waals surface area contributed by atoms with Crippen LogP contribution in [0.5, 0.6) is 0 Å². The molecule has 2 fully saturated rings. The van der Waals surface area contributed by atoms with Crippen molar-refractivity contribution in [2.24, 2.45) is 0 Å². The molecule has 0 spiro atoms. The van der Waals surface area contributed by atoms with Gasteiger partial charge < -0.3 is 15.4 Å². The van der Waals surface area contributed by atoms with E-state index < -0.39 is 0 Å². The van der Waals surface area contributed by atoms with Gasteiger partial charge in [0.25, 0.3) is 0 Å². The fourth-order valence-corrected chi connectivity index (χ4v) is 3.65. The smallest absolute Gasteiger partial charge is 0.0619 e. The molecule has 1 unspecified atom stereocenters. The van der Waals surface area contributed by atoms with Crippen LogP contribution in [-0.2, 0) is 4.74 Å². The summed E-state index contributed by atoms with van der Waals surface area (Å²) in [5.41, 5.74) is 0.462. The minimum atomic E-state index is 0.231. The van der Waals surface area contributed by atoms with Crippen LogP contribution in [0.3, 0.4) is 0 Å². The van der Waals surface area contributed by atoms with Gasteiger partial charge >= 0.3 is 0 Å². The number of rotatable bonds is 2. The van der Waals surface area contributed by atoms with Gasteiger partial charge in [-0.25, -0.2) is 0 Å². The quantitative estimate of drug-likeness (QED) is 0.775. The highest BCUT2D eigenvalue weighted by atomic mass is 16.5. The van der Waals surface area contributed by atoms with Crippen LogP contribution in [0.1, 0.15) is 53.4 Å². The molecule has 0 radical (unpaired) electrons. The number of piperidine rings is 1. The number of nitrogens with one attached hydrogen (secondary N) is 2. The van der Waals surface area contributed by atoms with E-state index >= 15 is 0 Å². The molecule has 0 bridgehead atoms. The van der Waals surface area contributed by atoms with Gasteiger partial charge in [-0.3, -0.25) is 0 Å². The van der Waals surface area contributed by atoms with E-state index in [1.807, 2.05) is 0 Å². The lowest BCUT2D eigenvalue weighted by Crippen LogP contribution is -2.62. The van der Waals surface area contributed by atoms with Crippen molar-refractivity contribution in [1.82, 2.24) is 10.6 Å². The summed E-state index contributed by atoms with van der Waals surface area (Å²) >= 11 is 0. The van der Waals surface area contributed by atoms with E-state index in [4.69, 9.17) is 4.74 Å². The molecule has 2 aliphatic heterocycles. The first-order valence-corrected chi connectivity index (χ1v) is 6.99. The first-order valence-electron chi connectivity index (χ1n) is 6.99. The normalized spacial score (nSPS) is 33.5. The largest absolute Gasteiger partial charge is 0.380 e. The van der Waals surface area contributed by atoms with Gasteiger partial charge in [-0.05, 0) is 53.4 Å². The average molecular weight is 240 g/mol. The lowest BCUT2D eigenvalue weighted by molar-refractivity contribution is 0.0549. The van der Waals surface area contributed by atoms with E-state index in [0.717, 1.165) is 13.2 Å². The van der Waals surface area contributed by atoms with Crippen molar-refractivity contribution >= 4 is 0 Å². The molecule has 2 rings (SSSR count). The molecular formula is C14H28N2O. The summed E-state index contributed by atoms with van der Waals surface area (Å²) in [4.78, 5) is 0. The molecule has 2 N–H and O–H groups in total. The van der Waals surface area contributed by atoms with Gasteiger partial charge in [0.2, 0.25) is 0 Å². The van der Waals surface area contributed by atoms with Gasteiger partial charge in [0, 0.05) is 29.8 Å². The van der Waals surface area contributed by atoms with Crippen molar-refractivity contribution in [1.29, 1.82) is 0 Å². The molecule has 0 amide bonds. The van der Waals surface area contributed by atoms with Gasteiger partial charge in [-0.2, -0.15) is 0 Å². The van der Waals surface area contributed by atoms with Crippen LogP contribution in [0.4, 0.5) is 0 Å². The molecule has 2 saturated heterocycles. The third kappa shape index (κ3) is 3.94. The van der Waals surface area contributed by atoms with Crippen LogP contribution in [-0.4, -0.2) is 36.4 Å². The molecule has 0 aromatic carbocycles. The van der Waals surface area contributed by atoms with Gasteiger partial charge in [0.15, 0.2) is 0 Å². The zero-order chi connectivity index (χ0) is 12.5. The molecule has 1 atom stereocenters. The van der Waals surface area contributed by atoms with E-state index in [1.54, 1.807) is 0 Å². The summed E-state index contributed by atoms with van der Waals surface area (Å²) < 4.78 is 5.55. The van der Waals surface area contributed by atoms with E-state index in [9.17, 15) is 0 Å². The number of ether oxygens (including phenoxy) is 1. The molecule has 2 heterocycles. The van der Waals surface area contributed by atoms with Crippen LogP contribution >= 0.6 is 0 Å².